The maximum absolute atomic E-state index is 4.46. The maximum atomic E-state index is 4.46. The third kappa shape index (κ3) is 1.31. The van der Waals surface area contributed by atoms with Crippen LogP contribution in [0, 0.1) is 13.8 Å². The van der Waals surface area contributed by atoms with Gasteiger partial charge in [0.15, 0.2) is 0 Å². The van der Waals surface area contributed by atoms with Gasteiger partial charge < -0.3 is 0 Å². The first-order chi connectivity index (χ1) is 6.22. The van der Waals surface area contributed by atoms with Gasteiger partial charge in [-0.2, -0.15) is 0 Å². The van der Waals surface area contributed by atoms with Gasteiger partial charge in [0.25, 0.3) is 0 Å². The Morgan fingerprint density at radius 2 is 2.23 bits per heavy atom. The van der Waals surface area contributed by atoms with Gasteiger partial charge in [-0.25, -0.2) is 0 Å². The van der Waals surface area contributed by atoms with E-state index >= 15 is 0 Å². The molecular formula is C9H12N3S+. The van der Waals surface area contributed by atoms with Gasteiger partial charge in [0, 0.05) is 18.9 Å². The Kier molecular flexibility index (Phi) is 2.00. The van der Waals surface area contributed by atoms with E-state index in [1.807, 2.05) is 10.7 Å². The first-order valence-corrected chi connectivity index (χ1v) is 5.18. The average molecular weight is 194 g/mol. The molecule has 68 valence electrons. The van der Waals surface area contributed by atoms with Crippen molar-refractivity contribution in [2.75, 3.05) is 0 Å². The molecule has 0 aliphatic carbocycles. The van der Waals surface area contributed by atoms with Crippen LogP contribution in [0.15, 0.2) is 6.20 Å². The van der Waals surface area contributed by atoms with E-state index in [-0.39, 0.29) is 0 Å². The van der Waals surface area contributed by atoms with Crippen LogP contribution in [0.4, 0.5) is 0 Å². The molecule has 0 bridgehead atoms. The fourth-order valence-electron chi connectivity index (χ4n) is 1.18. The number of rotatable bonds is 1. The Hall–Kier alpha value is -1.03. The molecule has 2 aromatic rings. The first-order valence-electron chi connectivity index (χ1n) is 4.36. The number of nitrogens with zero attached hydrogens (tertiary/aromatic N) is 3. The van der Waals surface area contributed by atoms with Crippen molar-refractivity contribution in [3.05, 3.63) is 22.5 Å². The fourth-order valence-corrected chi connectivity index (χ4v) is 2.03. The van der Waals surface area contributed by atoms with Gasteiger partial charge >= 0.3 is 4.96 Å². The van der Waals surface area contributed by atoms with Crippen molar-refractivity contribution in [3.63, 3.8) is 0 Å². The molecule has 0 aliphatic heterocycles. The molecule has 2 rings (SSSR count). The van der Waals surface area contributed by atoms with Crippen LogP contribution in [0.2, 0.25) is 0 Å². The topological polar surface area (TPSA) is 29.9 Å². The van der Waals surface area contributed by atoms with E-state index < -0.39 is 0 Å². The molecule has 13 heavy (non-hydrogen) atoms. The Labute approximate surface area is 81.1 Å². The molecule has 0 atom stereocenters. The van der Waals surface area contributed by atoms with E-state index in [2.05, 4.69) is 30.9 Å². The third-order valence-electron chi connectivity index (χ3n) is 2.16. The standard InChI is InChI=1S/C9H12N3S/c1-4-8-11-12-7(3)6(2)5-10-9(12)13-8/h5H,4H2,1-3H3/q+1. The molecular weight excluding hydrogens is 182 g/mol. The molecule has 0 aliphatic rings. The lowest BCUT2D eigenvalue weighted by atomic mass is 10.3. The predicted octanol–water partition coefficient (Wildman–Crippen LogP) is 1.46. The Bertz CT molecular complexity index is 447. The van der Waals surface area contributed by atoms with Crippen molar-refractivity contribution in [1.29, 1.82) is 0 Å². The summed E-state index contributed by atoms with van der Waals surface area (Å²) in [5, 5.41) is 5.60. The van der Waals surface area contributed by atoms with Crippen LogP contribution in [0.3, 0.4) is 0 Å². The number of fused-ring (bicyclic) bond motifs is 1. The van der Waals surface area contributed by atoms with Crippen LogP contribution in [0.5, 0.6) is 0 Å². The molecule has 0 radical (unpaired) electrons. The second kappa shape index (κ2) is 3.03. The summed E-state index contributed by atoms with van der Waals surface area (Å²) in [5.41, 5.74) is 2.37. The van der Waals surface area contributed by atoms with Gasteiger partial charge in [-0.15, -0.1) is 0 Å². The highest BCUT2D eigenvalue weighted by Crippen LogP contribution is 2.10. The van der Waals surface area contributed by atoms with Crippen molar-refractivity contribution < 1.29 is 4.52 Å². The molecule has 2 heterocycles. The molecule has 3 nitrogen and oxygen atoms in total. The van der Waals surface area contributed by atoms with E-state index in [0.29, 0.717) is 0 Å². The van der Waals surface area contributed by atoms with Crippen molar-refractivity contribution in [2.45, 2.75) is 27.2 Å². The fraction of sp³-hybridized carbons (Fsp3) is 0.444. The minimum atomic E-state index is 0.979. The summed E-state index contributed by atoms with van der Waals surface area (Å²) in [5.74, 6) is 0. The first kappa shape index (κ1) is 8.56. The summed E-state index contributed by atoms with van der Waals surface area (Å²) < 4.78 is 1.93. The summed E-state index contributed by atoms with van der Waals surface area (Å²) in [6.45, 7) is 6.24. The van der Waals surface area contributed by atoms with Crippen LogP contribution in [-0.2, 0) is 6.42 Å². The van der Waals surface area contributed by atoms with Gasteiger partial charge in [0.2, 0.25) is 0 Å². The highest BCUT2D eigenvalue weighted by Gasteiger charge is 2.14. The summed E-state index contributed by atoms with van der Waals surface area (Å²) in [7, 11) is 0. The van der Waals surface area contributed by atoms with Gasteiger partial charge in [-0.3, -0.25) is 0 Å². The van der Waals surface area contributed by atoms with Crippen LogP contribution in [0.25, 0.3) is 4.96 Å². The normalized spacial score (nSPS) is 11.0. The largest absolute Gasteiger partial charge is 0.409 e. The zero-order valence-electron chi connectivity index (χ0n) is 8.03. The average Bonchev–Trinajstić information content (AvgIpc) is 2.55. The van der Waals surface area contributed by atoms with Crippen LogP contribution in [-0.4, -0.2) is 10.1 Å². The quantitative estimate of drug-likeness (QED) is 0.643. The van der Waals surface area contributed by atoms with E-state index in [1.165, 1.54) is 11.3 Å². The molecule has 0 saturated heterocycles. The smallest absolute Gasteiger partial charge is 0.0878 e. The van der Waals surface area contributed by atoms with E-state index in [0.717, 1.165) is 16.4 Å². The van der Waals surface area contributed by atoms with Gasteiger partial charge in [-0.1, -0.05) is 16.5 Å². The number of hydrogen-bond acceptors (Lipinski definition) is 3. The zero-order valence-corrected chi connectivity index (χ0v) is 8.85. The summed E-state index contributed by atoms with van der Waals surface area (Å²) >= 11 is 1.66. The number of aryl methyl sites for hydroxylation is 3. The summed E-state index contributed by atoms with van der Waals surface area (Å²) in [6, 6.07) is 0. The molecule has 4 heteroatoms. The zero-order chi connectivity index (χ0) is 9.42. The maximum Gasteiger partial charge on any atom is 0.409 e. The van der Waals surface area contributed by atoms with Crippen LogP contribution < -0.4 is 4.52 Å². The highest BCUT2D eigenvalue weighted by atomic mass is 32.1. The molecule has 2 aromatic heterocycles. The van der Waals surface area contributed by atoms with Crippen molar-refractivity contribution >= 4 is 16.3 Å². The minimum absolute atomic E-state index is 0.979. The monoisotopic (exact) mass is 194 g/mol. The SMILES string of the molecule is CCc1n[n+]2c(C)c(C)cnc2s1. The number of hydrogen-bond donors (Lipinski definition) is 0. The number of aromatic nitrogens is 3. The van der Waals surface area contributed by atoms with Crippen LogP contribution in [0.1, 0.15) is 23.2 Å². The third-order valence-corrected chi connectivity index (χ3v) is 3.23. The highest BCUT2D eigenvalue weighted by molar-refractivity contribution is 7.16. The van der Waals surface area contributed by atoms with Gasteiger partial charge in [-0.05, 0) is 23.2 Å². The molecule has 0 N–H and O–H groups in total. The molecule has 0 saturated carbocycles. The van der Waals surface area contributed by atoms with E-state index in [9.17, 15) is 0 Å². The van der Waals surface area contributed by atoms with E-state index in [1.54, 1.807) is 11.3 Å². The summed E-state index contributed by atoms with van der Waals surface area (Å²) in [4.78, 5) is 5.32. The minimum Gasteiger partial charge on any atom is -0.0878 e. The molecule has 0 spiro atoms. The molecule has 0 aromatic carbocycles. The lowest BCUT2D eigenvalue weighted by Crippen LogP contribution is -2.29. The van der Waals surface area contributed by atoms with Crippen LogP contribution >= 0.6 is 11.3 Å². The lowest BCUT2D eigenvalue weighted by molar-refractivity contribution is -0.586. The van der Waals surface area contributed by atoms with Crippen molar-refractivity contribution in [3.8, 4) is 0 Å². The Morgan fingerprint density at radius 1 is 1.46 bits per heavy atom. The second-order valence-electron chi connectivity index (χ2n) is 3.07. The van der Waals surface area contributed by atoms with Crippen molar-refractivity contribution in [1.82, 2.24) is 10.1 Å². The lowest BCUT2D eigenvalue weighted by Gasteiger charge is -1.90. The van der Waals surface area contributed by atoms with E-state index in [4.69, 9.17) is 0 Å². The van der Waals surface area contributed by atoms with Gasteiger partial charge in [0.05, 0.1) is 0 Å². The summed E-state index contributed by atoms with van der Waals surface area (Å²) in [6.07, 6.45) is 2.88. The molecule has 0 fully saturated rings. The molecule has 0 amide bonds. The second-order valence-corrected chi connectivity index (χ2v) is 4.11. The molecule has 0 unspecified atom stereocenters. The van der Waals surface area contributed by atoms with Gasteiger partial charge in [0.1, 0.15) is 16.9 Å². The Balaban J connectivity index is 2.76. The van der Waals surface area contributed by atoms with Crippen molar-refractivity contribution in [2.24, 2.45) is 0 Å². The Morgan fingerprint density at radius 3 is 2.92 bits per heavy atom. The predicted molar refractivity (Wildman–Crippen MR) is 51.9 cm³/mol.